The third kappa shape index (κ3) is 5.91. The van der Waals surface area contributed by atoms with Gasteiger partial charge in [0.15, 0.2) is 17.5 Å². The van der Waals surface area contributed by atoms with E-state index in [4.69, 9.17) is 14.2 Å². The van der Waals surface area contributed by atoms with Crippen molar-refractivity contribution in [1.82, 2.24) is 20.0 Å². The number of aromatic nitrogens is 2. The summed E-state index contributed by atoms with van der Waals surface area (Å²) in [6.45, 7) is 6.47. The van der Waals surface area contributed by atoms with Gasteiger partial charge in [-0.2, -0.15) is 5.10 Å². The number of nitrogens with one attached hydrogen (secondary N) is 1. The summed E-state index contributed by atoms with van der Waals surface area (Å²) in [5, 5.41) is 7.91. The highest BCUT2D eigenvalue weighted by molar-refractivity contribution is 14.0. The first-order valence-electron chi connectivity index (χ1n) is 9.44. The second-order valence-corrected chi connectivity index (χ2v) is 7.06. The van der Waals surface area contributed by atoms with Crippen molar-refractivity contribution in [2.45, 2.75) is 26.3 Å². The summed E-state index contributed by atoms with van der Waals surface area (Å²) in [6, 6.07) is 5.58. The van der Waals surface area contributed by atoms with Gasteiger partial charge < -0.3 is 24.4 Å². The summed E-state index contributed by atoms with van der Waals surface area (Å²) in [7, 11) is 5.76. The zero-order valence-corrected chi connectivity index (χ0v) is 20.0. The first-order chi connectivity index (χ1) is 13.5. The van der Waals surface area contributed by atoms with Gasteiger partial charge in [-0.05, 0) is 18.1 Å². The molecule has 0 saturated heterocycles. The number of ether oxygens (including phenoxy) is 3. The maximum Gasteiger partial charge on any atom is 0.231 e. The molecule has 0 atom stereocenters. The lowest BCUT2D eigenvalue weighted by atomic mass is 10.1. The lowest BCUT2D eigenvalue weighted by molar-refractivity contribution is 0.173. The van der Waals surface area contributed by atoms with Crippen LogP contribution in [0.5, 0.6) is 17.2 Å². The summed E-state index contributed by atoms with van der Waals surface area (Å²) < 4.78 is 18.3. The Morgan fingerprint density at radius 2 is 2.10 bits per heavy atom. The van der Waals surface area contributed by atoms with Crippen LogP contribution in [0.2, 0.25) is 0 Å². The summed E-state index contributed by atoms with van der Waals surface area (Å²) >= 11 is 0. The first-order valence-corrected chi connectivity index (χ1v) is 9.44. The molecule has 8 nitrogen and oxygen atoms in total. The van der Waals surface area contributed by atoms with E-state index in [2.05, 4.69) is 40.4 Å². The molecule has 1 N–H and O–H groups in total. The lowest BCUT2D eigenvalue weighted by Gasteiger charge is -2.22. The molecule has 0 fully saturated rings. The van der Waals surface area contributed by atoms with Crippen molar-refractivity contribution < 1.29 is 14.2 Å². The fourth-order valence-electron chi connectivity index (χ4n) is 3.18. The molecule has 160 valence electrons. The van der Waals surface area contributed by atoms with Gasteiger partial charge >= 0.3 is 0 Å². The van der Waals surface area contributed by atoms with E-state index in [1.54, 1.807) is 7.05 Å². The van der Waals surface area contributed by atoms with Gasteiger partial charge in [0.2, 0.25) is 6.79 Å². The van der Waals surface area contributed by atoms with Crippen LogP contribution in [0.1, 0.15) is 31.0 Å². The number of aryl methyl sites for hydroxylation is 1. The van der Waals surface area contributed by atoms with Gasteiger partial charge in [0, 0.05) is 45.5 Å². The van der Waals surface area contributed by atoms with Crippen LogP contribution >= 0.6 is 24.0 Å². The van der Waals surface area contributed by atoms with Gasteiger partial charge in [-0.1, -0.05) is 13.8 Å². The van der Waals surface area contributed by atoms with E-state index in [0.717, 1.165) is 35.4 Å². The minimum absolute atomic E-state index is 0. The van der Waals surface area contributed by atoms with E-state index in [9.17, 15) is 0 Å². The maximum absolute atomic E-state index is 5.79. The molecular formula is C20H30IN5O3. The highest BCUT2D eigenvalue weighted by atomic mass is 127. The number of rotatable bonds is 7. The molecule has 1 aliphatic heterocycles. The number of nitrogens with zero attached hydrogens (tertiary/aromatic N) is 4. The largest absolute Gasteiger partial charge is 0.492 e. The zero-order valence-electron chi connectivity index (χ0n) is 17.6. The molecule has 1 aromatic carbocycles. The molecule has 0 unspecified atom stereocenters. The highest BCUT2D eigenvalue weighted by Gasteiger charge is 2.16. The van der Waals surface area contributed by atoms with Gasteiger partial charge in [-0.3, -0.25) is 9.67 Å². The molecule has 1 aromatic heterocycles. The number of benzene rings is 1. The number of aliphatic imine (C=N–C) groups is 1. The van der Waals surface area contributed by atoms with Crippen LogP contribution in [-0.4, -0.2) is 54.7 Å². The number of guanidine groups is 1. The van der Waals surface area contributed by atoms with E-state index < -0.39 is 0 Å². The van der Waals surface area contributed by atoms with Gasteiger partial charge in [-0.15, -0.1) is 24.0 Å². The van der Waals surface area contributed by atoms with Crippen LogP contribution in [0.15, 0.2) is 29.4 Å². The highest BCUT2D eigenvalue weighted by Crippen LogP contribution is 2.34. The predicted octanol–water partition coefficient (Wildman–Crippen LogP) is 2.98. The Hall–Kier alpha value is -2.17. The summed E-state index contributed by atoms with van der Waals surface area (Å²) in [4.78, 5) is 6.46. The maximum atomic E-state index is 5.79. The smallest absolute Gasteiger partial charge is 0.231 e. The minimum Gasteiger partial charge on any atom is -0.492 e. The van der Waals surface area contributed by atoms with Crippen molar-refractivity contribution >= 4 is 29.9 Å². The van der Waals surface area contributed by atoms with E-state index in [0.29, 0.717) is 19.1 Å². The first kappa shape index (κ1) is 23.1. The number of fused-ring (bicyclic) bond motifs is 1. The molecule has 0 spiro atoms. The monoisotopic (exact) mass is 515 g/mol. The van der Waals surface area contributed by atoms with Crippen molar-refractivity contribution in [3.05, 3.63) is 35.7 Å². The molecule has 29 heavy (non-hydrogen) atoms. The normalized spacial score (nSPS) is 12.7. The molecule has 0 amide bonds. The van der Waals surface area contributed by atoms with Crippen LogP contribution in [0.3, 0.4) is 0 Å². The minimum atomic E-state index is 0. The Kier molecular flexibility index (Phi) is 8.42. The van der Waals surface area contributed by atoms with Crippen LogP contribution in [0.4, 0.5) is 0 Å². The SMILES string of the molecule is CN=C(NCCOc1ccc2c(c1)OCO2)N(C)Cc1cn(C)nc1C(C)C.I. The molecule has 3 rings (SSSR count). The van der Waals surface area contributed by atoms with Crippen LogP contribution < -0.4 is 19.5 Å². The molecule has 0 aliphatic carbocycles. The second-order valence-electron chi connectivity index (χ2n) is 7.06. The summed E-state index contributed by atoms with van der Waals surface area (Å²) in [5.41, 5.74) is 2.33. The van der Waals surface area contributed by atoms with E-state index >= 15 is 0 Å². The third-order valence-electron chi connectivity index (χ3n) is 4.46. The Bertz CT molecular complexity index is 838. The molecule has 2 heterocycles. The standard InChI is InChI=1S/C20H29N5O3.HI/c1-14(2)19-15(12-25(5)23-19)11-24(4)20(21-3)22-8-9-26-16-6-7-17-18(10-16)28-13-27-17;/h6-7,10,12,14H,8-9,11,13H2,1-5H3,(H,21,22);1H. The summed E-state index contributed by atoms with van der Waals surface area (Å²) in [5.74, 6) is 3.43. The average Bonchev–Trinajstić information content (AvgIpc) is 3.27. The Balaban J connectivity index is 0.00000300. The molecule has 2 aromatic rings. The van der Waals surface area contributed by atoms with Crippen LogP contribution in [0, 0.1) is 0 Å². The molecule has 9 heteroatoms. The van der Waals surface area contributed by atoms with Crippen molar-refractivity contribution in [3.63, 3.8) is 0 Å². The van der Waals surface area contributed by atoms with E-state index in [1.165, 1.54) is 5.56 Å². The van der Waals surface area contributed by atoms with Crippen molar-refractivity contribution in [3.8, 4) is 17.2 Å². The van der Waals surface area contributed by atoms with Gasteiger partial charge in [0.25, 0.3) is 0 Å². The molecular weight excluding hydrogens is 485 g/mol. The molecule has 0 saturated carbocycles. The summed E-state index contributed by atoms with van der Waals surface area (Å²) in [6.07, 6.45) is 2.07. The molecule has 0 radical (unpaired) electrons. The van der Waals surface area contributed by atoms with Gasteiger partial charge in [0.05, 0.1) is 12.2 Å². The second kappa shape index (κ2) is 10.6. The molecule has 0 bridgehead atoms. The predicted molar refractivity (Wildman–Crippen MR) is 124 cm³/mol. The Labute approximate surface area is 189 Å². The van der Waals surface area contributed by atoms with Crippen LogP contribution in [-0.2, 0) is 13.6 Å². The zero-order chi connectivity index (χ0) is 20.1. The van der Waals surface area contributed by atoms with Gasteiger partial charge in [-0.25, -0.2) is 0 Å². The number of hydrogen-bond acceptors (Lipinski definition) is 5. The molecule has 1 aliphatic rings. The van der Waals surface area contributed by atoms with Crippen LogP contribution in [0.25, 0.3) is 0 Å². The third-order valence-corrected chi connectivity index (χ3v) is 4.46. The van der Waals surface area contributed by atoms with Crippen molar-refractivity contribution in [2.24, 2.45) is 12.0 Å². The van der Waals surface area contributed by atoms with Crippen molar-refractivity contribution in [2.75, 3.05) is 34.0 Å². The Morgan fingerprint density at radius 1 is 1.34 bits per heavy atom. The number of hydrogen-bond donors (Lipinski definition) is 1. The fraction of sp³-hybridized carbons (Fsp3) is 0.500. The average molecular weight is 515 g/mol. The Morgan fingerprint density at radius 3 is 2.83 bits per heavy atom. The fourth-order valence-corrected chi connectivity index (χ4v) is 3.18. The van der Waals surface area contributed by atoms with E-state index in [1.807, 2.05) is 37.0 Å². The lowest BCUT2D eigenvalue weighted by Crippen LogP contribution is -2.40. The quantitative estimate of drug-likeness (QED) is 0.265. The van der Waals surface area contributed by atoms with E-state index in [-0.39, 0.29) is 30.8 Å². The number of halogens is 1. The van der Waals surface area contributed by atoms with Gasteiger partial charge in [0.1, 0.15) is 12.4 Å². The van der Waals surface area contributed by atoms with Crippen molar-refractivity contribution in [1.29, 1.82) is 0 Å². The topological polar surface area (TPSA) is 73.1 Å².